The van der Waals surface area contributed by atoms with E-state index >= 15 is 0 Å². The van der Waals surface area contributed by atoms with Crippen LogP contribution in [0, 0.1) is 0 Å². The first kappa shape index (κ1) is 23.1. The van der Waals surface area contributed by atoms with Crippen molar-refractivity contribution in [2.45, 2.75) is 38.0 Å². The Bertz CT molecular complexity index is 483. The van der Waals surface area contributed by atoms with Gasteiger partial charge >= 0.3 is 8.80 Å². The third-order valence-corrected chi connectivity index (χ3v) is 9.74. The average Bonchev–Trinajstić information content (AvgIpc) is 2.67. The Kier molecular flexibility index (Phi) is 10.4. The van der Waals surface area contributed by atoms with Crippen LogP contribution in [0.5, 0.6) is 11.5 Å². The molecule has 1 rings (SSSR count). The number of benzene rings is 1. The largest absolute Gasteiger partial charge is 0.500 e. The quantitative estimate of drug-likeness (QED) is 0.380. The lowest BCUT2D eigenvalue weighted by Crippen LogP contribution is -2.42. The molecular formula is C18H34O6Si2. The van der Waals surface area contributed by atoms with Crippen molar-refractivity contribution in [1.82, 2.24) is 0 Å². The SMILES string of the molecule is CO[Si](CCCOc1ccc(OCCC[Si](C)(C)CO)cc1)(OC)OC. The molecule has 0 aliphatic heterocycles. The third-order valence-electron chi connectivity index (χ3n) is 4.35. The van der Waals surface area contributed by atoms with Crippen LogP contribution in [0.3, 0.4) is 0 Å². The second-order valence-electron chi connectivity index (χ2n) is 6.99. The summed E-state index contributed by atoms with van der Waals surface area (Å²) in [5.41, 5.74) is 0. The minimum absolute atomic E-state index is 0.335. The fraction of sp³-hybridized carbons (Fsp3) is 0.667. The van der Waals surface area contributed by atoms with Crippen LogP contribution in [0.15, 0.2) is 24.3 Å². The summed E-state index contributed by atoms with van der Waals surface area (Å²) in [4.78, 5) is 0. The molecule has 0 amide bonds. The number of hydrogen-bond donors (Lipinski definition) is 1. The first-order chi connectivity index (χ1) is 12.4. The lowest BCUT2D eigenvalue weighted by atomic mass is 10.3. The van der Waals surface area contributed by atoms with Crippen molar-refractivity contribution < 1.29 is 27.9 Å². The third kappa shape index (κ3) is 8.19. The minimum Gasteiger partial charge on any atom is -0.494 e. The Balaban J connectivity index is 2.28. The van der Waals surface area contributed by atoms with Crippen LogP contribution >= 0.6 is 0 Å². The second kappa shape index (κ2) is 11.7. The van der Waals surface area contributed by atoms with E-state index in [2.05, 4.69) is 13.1 Å². The summed E-state index contributed by atoms with van der Waals surface area (Å²) in [5.74, 6) is 1.65. The van der Waals surface area contributed by atoms with Gasteiger partial charge in [0.1, 0.15) is 11.5 Å². The van der Waals surface area contributed by atoms with Gasteiger partial charge in [0.2, 0.25) is 0 Å². The van der Waals surface area contributed by atoms with Gasteiger partial charge in [-0.3, -0.25) is 0 Å². The molecule has 0 spiro atoms. The number of aliphatic hydroxyl groups is 1. The van der Waals surface area contributed by atoms with Crippen LogP contribution in [0.4, 0.5) is 0 Å². The molecule has 0 unspecified atom stereocenters. The van der Waals surface area contributed by atoms with Gasteiger partial charge in [-0.05, 0) is 37.1 Å². The highest BCUT2D eigenvalue weighted by atomic mass is 28.4. The zero-order valence-corrected chi connectivity index (χ0v) is 18.7. The first-order valence-corrected chi connectivity index (χ1v) is 14.4. The second-order valence-corrected chi connectivity index (χ2v) is 15.2. The Hall–Kier alpha value is -0.906. The van der Waals surface area contributed by atoms with Crippen molar-refractivity contribution >= 4 is 16.9 Å². The van der Waals surface area contributed by atoms with E-state index < -0.39 is 16.9 Å². The predicted octanol–water partition coefficient (Wildman–Crippen LogP) is 3.34. The van der Waals surface area contributed by atoms with E-state index in [1.54, 1.807) is 21.3 Å². The molecule has 26 heavy (non-hydrogen) atoms. The highest BCUT2D eigenvalue weighted by molar-refractivity contribution is 6.77. The molecule has 0 aromatic heterocycles. The van der Waals surface area contributed by atoms with Crippen LogP contribution < -0.4 is 9.47 Å². The van der Waals surface area contributed by atoms with E-state index in [0.29, 0.717) is 25.5 Å². The molecule has 1 aromatic carbocycles. The lowest BCUT2D eigenvalue weighted by Gasteiger charge is -2.24. The van der Waals surface area contributed by atoms with E-state index in [1.165, 1.54) is 0 Å². The molecule has 1 N–H and O–H groups in total. The Morgan fingerprint density at radius 1 is 0.769 bits per heavy atom. The molecule has 0 saturated heterocycles. The molecular weight excluding hydrogens is 368 g/mol. The Morgan fingerprint density at radius 3 is 1.58 bits per heavy atom. The minimum atomic E-state index is -2.51. The molecule has 0 bridgehead atoms. The van der Waals surface area contributed by atoms with E-state index in [4.69, 9.17) is 22.8 Å². The number of rotatable bonds is 14. The molecule has 6 nitrogen and oxygen atoms in total. The maximum Gasteiger partial charge on any atom is 0.500 e. The van der Waals surface area contributed by atoms with Crippen molar-refractivity contribution in [2.75, 3.05) is 40.8 Å². The van der Waals surface area contributed by atoms with Gasteiger partial charge in [0.25, 0.3) is 0 Å². The molecule has 0 aliphatic rings. The van der Waals surface area contributed by atoms with Gasteiger partial charge in [0, 0.05) is 33.6 Å². The van der Waals surface area contributed by atoms with Crippen LogP contribution in [0.1, 0.15) is 12.8 Å². The van der Waals surface area contributed by atoms with Crippen LogP contribution in [-0.2, 0) is 13.3 Å². The zero-order chi connectivity index (χ0) is 19.5. The van der Waals surface area contributed by atoms with Crippen LogP contribution in [0.2, 0.25) is 25.2 Å². The summed E-state index contributed by atoms with van der Waals surface area (Å²) in [5, 5.41) is 9.30. The monoisotopic (exact) mass is 402 g/mol. The Labute approximate surface area is 159 Å². The van der Waals surface area contributed by atoms with Gasteiger partial charge in [-0.15, -0.1) is 0 Å². The van der Waals surface area contributed by atoms with Gasteiger partial charge in [0.05, 0.1) is 21.3 Å². The molecule has 0 fully saturated rings. The zero-order valence-electron chi connectivity index (χ0n) is 16.7. The number of hydrogen-bond acceptors (Lipinski definition) is 6. The van der Waals surface area contributed by atoms with Crippen molar-refractivity contribution in [3.8, 4) is 11.5 Å². The smallest absolute Gasteiger partial charge is 0.494 e. The summed E-state index contributed by atoms with van der Waals surface area (Å²) < 4.78 is 27.7. The first-order valence-electron chi connectivity index (χ1n) is 9.02. The van der Waals surface area contributed by atoms with Crippen LogP contribution in [-0.4, -0.2) is 62.8 Å². The maximum atomic E-state index is 9.30. The summed E-state index contributed by atoms with van der Waals surface area (Å²) in [7, 11) is 0.905. The summed E-state index contributed by atoms with van der Waals surface area (Å²) in [6.07, 6.45) is 2.11. The topological polar surface area (TPSA) is 66.4 Å². The molecule has 150 valence electrons. The van der Waals surface area contributed by atoms with Gasteiger partial charge < -0.3 is 27.9 Å². The normalized spacial score (nSPS) is 12.2. The van der Waals surface area contributed by atoms with E-state index in [9.17, 15) is 5.11 Å². The molecule has 0 saturated carbocycles. The van der Waals surface area contributed by atoms with Crippen LogP contribution in [0.25, 0.3) is 0 Å². The molecule has 8 heteroatoms. The lowest BCUT2D eigenvalue weighted by molar-refractivity contribution is 0.121. The highest BCUT2D eigenvalue weighted by Gasteiger charge is 2.36. The molecule has 1 aromatic rings. The van der Waals surface area contributed by atoms with Gasteiger partial charge in [0.15, 0.2) is 0 Å². The van der Waals surface area contributed by atoms with Crippen molar-refractivity contribution in [2.24, 2.45) is 0 Å². The number of aliphatic hydroxyl groups excluding tert-OH is 1. The average molecular weight is 403 g/mol. The summed E-state index contributed by atoms with van der Waals surface area (Å²) in [6, 6.07) is 9.45. The standard InChI is InChI=1S/C18H34O6Si2/c1-20-26(21-2,22-3)15-7-13-24-18-10-8-17(9-11-18)23-12-6-14-25(4,5)16-19/h8-11,19H,6-7,12-16H2,1-5H3. The Morgan fingerprint density at radius 2 is 1.19 bits per heavy atom. The van der Waals surface area contributed by atoms with E-state index in [-0.39, 0.29) is 0 Å². The molecule has 0 aliphatic carbocycles. The van der Waals surface area contributed by atoms with Gasteiger partial charge in [-0.1, -0.05) is 19.1 Å². The van der Waals surface area contributed by atoms with E-state index in [1.807, 2.05) is 24.3 Å². The van der Waals surface area contributed by atoms with Crippen molar-refractivity contribution in [3.05, 3.63) is 24.3 Å². The number of ether oxygens (including phenoxy) is 2. The fourth-order valence-corrected chi connectivity index (χ4v) is 5.44. The maximum absolute atomic E-state index is 9.30. The summed E-state index contributed by atoms with van der Waals surface area (Å²) >= 11 is 0. The fourth-order valence-electron chi connectivity index (χ4n) is 2.49. The summed E-state index contributed by atoms with van der Waals surface area (Å²) in [6.45, 7) is 5.63. The molecule has 0 heterocycles. The van der Waals surface area contributed by atoms with E-state index in [0.717, 1.165) is 30.4 Å². The molecule has 0 radical (unpaired) electrons. The van der Waals surface area contributed by atoms with Gasteiger partial charge in [-0.25, -0.2) is 0 Å². The molecule has 0 atom stereocenters. The van der Waals surface area contributed by atoms with Gasteiger partial charge in [-0.2, -0.15) is 0 Å². The van der Waals surface area contributed by atoms with Crippen molar-refractivity contribution in [3.63, 3.8) is 0 Å². The predicted molar refractivity (Wildman–Crippen MR) is 108 cm³/mol. The van der Waals surface area contributed by atoms with Crippen molar-refractivity contribution in [1.29, 1.82) is 0 Å². The highest BCUT2D eigenvalue weighted by Crippen LogP contribution is 2.20.